The van der Waals surface area contributed by atoms with Crippen molar-refractivity contribution in [1.29, 1.82) is 0 Å². The van der Waals surface area contributed by atoms with Crippen molar-refractivity contribution < 1.29 is 14.3 Å². The maximum absolute atomic E-state index is 12.9. The van der Waals surface area contributed by atoms with Gasteiger partial charge in [-0.25, -0.2) is 9.78 Å². The van der Waals surface area contributed by atoms with Crippen LogP contribution in [0.4, 0.5) is 4.79 Å². The Morgan fingerprint density at radius 2 is 1.86 bits per heavy atom. The van der Waals surface area contributed by atoms with E-state index in [1.165, 1.54) is 7.11 Å². The summed E-state index contributed by atoms with van der Waals surface area (Å²) in [7, 11) is 1.41. The van der Waals surface area contributed by atoms with Crippen molar-refractivity contribution in [3.05, 3.63) is 94.7 Å². The van der Waals surface area contributed by atoms with Crippen LogP contribution in [0.5, 0.6) is 0 Å². The molecule has 1 aromatic heterocycles. The maximum Gasteiger partial charge on any atom is 0.338 e. The molecule has 0 spiro atoms. The zero-order valence-corrected chi connectivity index (χ0v) is 21.6. The molecule has 2 heterocycles. The fraction of sp³-hybridized carbons (Fsp3) is 0.207. The first-order valence-electron chi connectivity index (χ1n) is 12.3. The number of methoxy groups -OCH3 is 1. The number of fused-ring (bicyclic) bond motifs is 1. The van der Waals surface area contributed by atoms with Gasteiger partial charge in [0.25, 0.3) is 0 Å². The average Bonchev–Trinajstić information content (AvgIpc) is 3.28. The number of aromatic nitrogens is 2. The molecule has 4 aromatic rings. The number of ether oxygens (including phenoxy) is 1. The van der Waals surface area contributed by atoms with Crippen LogP contribution in [0.2, 0.25) is 0 Å². The summed E-state index contributed by atoms with van der Waals surface area (Å²) in [5.41, 5.74) is 12.7. The molecule has 5 rings (SSSR count). The number of hydrazine groups is 1. The molecule has 1 aliphatic rings. The highest BCUT2D eigenvalue weighted by atomic mass is 32.2. The van der Waals surface area contributed by atoms with E-state index < -0.39 is 0 Å². The molecule has 37 heavy (non-hydrogen) atoms. The number of carbonyl (C=O) groups excluding carboxylic acids is 2. The van der Waals surface area contributed by atoms with E-state index in [1.54, 1.807) is 5.41 Å². The summed E-state index contributed by atoms with van der Waals surface area (Å²) >= 11 is 1.11. The molecular weight excluding hydrogens is 484 g/mol. The second kappa shape index (κ2) is 10.9. The lowest BCUT2D eigenvalue weighted by molar-refractivity contribution is 0.0599. The first kappa shape index (κ1) is 24.6. The highest BCUT2D eigenvalue weighted by Gasteiger charge is 2.21. The van der Waals surface area contributed by atoms with E-state index in [0.717, 1.165) is 75.8 Å². The zero-order chi connectivity index (χ0) is 25.8. The third-order valence-corrected chi connectivity index (χ3v) is 7.13. The standard InChI is InChI=1S/C29H28N4O3S/c1-3-4-13-27-30-24-15-14-20(25-18-37-29(35)32-31-25)16-26(24)33(27)17-23-21(19-9-6-5-7-10-19)11-8-12-22(23)28(34)36-2/h5-12,14-16,18,31H,3-4,13,17H2,1-2H3,(H,32,35). The number of rotatable bonds is 8. The molecule has 7 nitrogen and oxygen atoms in total. The van der Waals surface area contributed by atoms with Gasteiger partial charge in [0.05, 0.1) is 35.9 Å². The van der Waals surface area contributed by atoms with Gasteiger partial charge in [-0.15, -0.1) is 0 Å². The fourth-order valence-electron chi connectivity index (χ4n) is 4.58. The van der Waals surface area contributed by atoms with E-state index in [2.05, 4.69) is 40.5 Å². The summed E-state index contributed by atoms with van der Waals surface area (Å²) in [6, 6.07) is 21.9. The monoisotopic (exact) mass is 512 g/mol. The summed E-state index contributed by atoms with van der Waals surface area (Å²) in [4.78, 5) is 29.4. The van der Waals surface area contributed by atoms with E-state index in [9.17, 15) is 9.59 Å². The van der Waals surface area contributed by atoms with Crippen molar-refractivity contribution >= 4 is 39.7 Å². The molecule has 8 heteroatoms. The lowest BCUT2D eigenvalue weighted by Crippen LogP contribution is -2.35. The molecular formula is C29H28N4O3S. The molecule has 0 atom stereocenters. The van der Waals surface area contributed by atoms with E-state index in [-0.39, 0.29) is 11.2 Å². The molecule has 0 unspecified atom stereocenters. The number of thioether (sulfide) groups is 1. The van der Waals surface area contributed by atoms with Crippen molar-refractivity contribution in [2.24, 2.45) is 0 Å². The Morgan fingerprint density at radius 1 is 1.03 bits per heavy atom. The summed E-state index contributed by atoms with van der Waals surface area (Å²) in [5.74, 6) is 0.610. The molecule has 0 aliphatic carbocycles. The summed E-state index contributed by atoms with van der Waals surface area (Å²) in [5, 5.41) is 1.66. The number of nitrogens with zero attached hydrogens (tertiary/aromatic N) is 2. The van der Waals surface area contributed by atoms with Crippen molar-refractivity contribution in [2.75, 3.05) is 7.11 Å². The van der Waals surface area contributed by atoms with Crippen molar-refractivity contribution in [3.8, 4) is 11.1 Å². The van der Waals surface area contributed by atoms with Gasteiger partial charge < -0.3 is 9.30 Å². The minimum Gasteiger partial charge on any atom is -0.465 e. The quantitative estimate of drug-likeness (QED) is 0.276. The Hall–Kier alpha value is -4.04. The fourth-order valence-corrected chi connectivity index (χ4v) is 5.11. The number of esters is 1. The number of aryl methyl sites for hydroxylation is 1. The minimum atomic E-state index is -0.364. The normalized spacial score (nSPS) is 13.1. The maximum atomic E-state index is 12.9. The number of hydrogen-bond acceptors (Lipinski definition) is 6. The molecule has 3 aromatic carbocycles. The lowest BCUT2D eigenvalue weighted by Gasteiger charge is -2.18. The Morgan fingerprint density at radius 3 is 2.59 bits per heavy atom. The van der Waals surface area contributed by atoms with Crippen molar-refractivity contribution in [1.82, 2.24) is 20.4 Å². The van der Waals surface area contributed by atoms with Gasteiger partial charge in [-0.1, -0.05) is 61.9 Å². The summed E-state index contributed by atoms with van der Waals surface area (Å²) in [6.45, 7) is 2.63. The third kappa shape index (κ3) is 5.11. The molecule has 1 amide bonds. The zero-order valence-electron chi connectivity index (χ0n) is 20.8. The number of benzene rings is 3. The summed E-state index contributed by atoms with van der Waals surface area (Å²) < 4.78 is 7.37. The highest BCUT2D eigenvalue weighted by Crippen LogP contribution is 2.31. The van der Waals surface area contributed by atoms with Crippen LogP contribution >= 0.6 is 11.8 Å². The second-order valence-corrected chi connectivity index (χ2v) is 9.64. The lowest BCUT2D eigenvalue weighted by atomic mass is 9.95. The molecule has 0 bridgehead atoms. The van der Waals surface area contributed by atoms with Gasteiger partial charge in [0.2, 0.25) is 0 Å². The van der Waals surface area contributed by atoms with Gasteiger partial charge in [0, 0.05) is 17.4 Å². The Bertz CT molecular complexity index is 1490. The summed E-state index contributed by atoms with van der Waals surface area (Å²) in [6.07, 6.45) is 2.89. The van der Waals surface area contributed by atoms with E-state index in [1.807, 2.05) is 48.5 Å². The van der Waals surface area contributed by atoms with Crippen LogP contribution in [0, 0.1) is 0 Å². The van der Waals surface area contributed by atoms with Gasteiger partial charge in [-0.05, 0) is 53.1 Å². The largest absolute Gasteiger partial charge is 0.465 e. The van der Waals surface area contributed by atoms with Gasteiger partial charge in [0.1, 0.15) is 5.82 Å². The van der Waals surface area contributed by atoms with Crippen LogP contribution in [0.1, 0.15) is 47.1 Å². The molecule has 2 N–H and O–H groups in total. The van der Waals surface area contributed by atoms with Crippen LogP contribution in [0.15, 0.2) is 72.1 Å². The van der Waals surface area contributed by atoms with E-state index >= 15 is 0 Å². The van der Waals surface area contributed by atoms with Crippen LogP contribution in [-0.2, 0) is 17.7 Å². The third-order valence-electron chi connectivity index (χ3n) is 6.46. The first-order valence-corrected chi connectivity index (χ1v) is 13.1. The Labute approximate surface area is 219 Å². The predicted octanol–water partition coefficient (Wildman–Crippen LogP) is 6.14. The molecule has 0 saturated carbocycles. The topological polar surface area (TPSA) is 85.3 Å². The second-order valence-electron chi connectivity index (χ2n) is 8.80. The van der Waals surface area contributed by atoms with Gasteiger partial charge in [-0.2, -0.15) is 0 Å². The molecule has 0 radical (unpaired) electrons. The van der Waals surface area contributed by atoms with E-state index in [4.69, 9.17) is 9.72 Å². The smallest absolute Gasteiger partial charge is 0.338 e. The van der Waals surface area contributed by atoms with Crippen LogP contribution in [0.25, 0.3) is 27.9 Å². The van der Waals surface area contributed by atoms with Gasteiger partial charge >= 0.3 is 11.2 Å². The number of hydrogen-bond donors (Lipinski definition) is 2. The van der Waals surface area contributed by atoms with Gasteiger partial charge in [-0.3, -0.25) is 15.6 Å². The molecule has 1 aliphatic heterocycles. The average molecular weight is 513 g/mol. The van der Waals surface area contributed by atoms with Crippen molar-refractivity contribution in [2.45, 2.75) is 32.7 Å². The van der Waals surface area contributed by atoms with E-state index in [0.29, 0.717) is 12.1 Å². The van der Waals surface area contributed by atoms with Crippen LogP contribution < -0.4 is 10.9 Å². The van der Waals surface area contributed by atoms with Crippen LogP contribution in [0.3, 0.4) is 0 Å². The van der Waals surface area contributed by atoms with Crippen molar-refractivity contribution in [3.63, 3.8) is 0 Å². The number of nitrogens with one attached hydrogen (secondary N) is 2. The van der Waals surface area contributed by atoms with Crippen LogP contribution in [-0.4, -0.2) is 27.9 Å². The molecule has 0 saturated heterocycles. The number of amides is 1. The SMILES string of the molecule is CCCCc1nc2ccc(C3=CSC(=O)NN3)cc2n1Cc1c(C(=O)OC)cccc1-c1ccccc1. The molecule has 188 valence electrons. The Kier molecular flexibility index (Phi) is 7.28. The van der Waals surface area contributed by atoms with Gasteiger partial charge in [0.15, 0.2) is 0 Å². The Balaban J connectivity index is 1.67. The number of imidazole rings is 1. The number of carbonyl (C=O) groups is 2. The number of unbranched alkanes of at least 4 members (excludes halogenated alkanes) is 1. The predicted molar refractivity (Wildman–Crippen MR) is 148 cm³/mol. The minimum absolute atomic E-state index is 0.149. The highest BCUT2D eigenvalue weighted by molar-refractivity contribution is 8.16. The molecule has 0 fully saturated rings. The first-order chi connectivity index (χ1) is 18.1.